The van der Waals surface area contributed by atoms with Crippen molar-refractivity contribution in [2.24, 2.45) is 5.92 Å². The number of carbonyl (C=O) groups is 1. The molecule has 1 amide bonds. The molecule has 3 atom stereocenters. The van der Waals surface area contributed by atoms with Gasteiger partial charge >= 0.3 is 0 Å². The van der Waals surface area contributed by atoms with Gasteiger partial charge in [0, 0.05) is 24.2 Å². The first kappa shape index (κ1) is 24.7. The standard InChI is InChI=1S/C26H34FN3O3S/c1-18(14-20-17-28-24-13-12-21(27)16-23(20)24)29-26(31)25(15-19-8-4-2-5-9-19)30-34(32,33)22-10-6-3-7-11-22/h3,6-7,10-13,16,18-20,25,28,30H,2,4-5,8-9,14-15,17H2,1H3,(H,29,31)/t18?,20?,25-/m0/s1. The first-order chi connectivity index (χ1) is 16.3. The minimum atomic E-state index is -3.82. The van der Waals surface area contributed by atoms with Crippen LogP contribution in [0.15, 0.2) is 53.4 Å². The summed E-state index contributed by atoms with van der Waals surface area (Å²) in [6.45, 7) is 2.60. The van der Waals surface area contributed by atoms with Gasteiger partial charge in [0.05, 0.1) is 4.90 Å². The van der Waals surface area contributed by atoms with Crippen molar-refractivity contribution < 1.29 is 17.6 Å². The lowest BCUT2D eigenvalue weighted by molar-refractivity contribution is -0.123. The molecule has 184 valence electrons. The number of hydrogen-bond acceptors (Lipinski definition) is 4. The lowest BCUT2D eigenvalue weighted by Gasteiger charge is -2.28. The summed E-state index contributed by atoms with van der Waals surface area (Å²) in [5, 5.41) is 6.32. The van der Waals surface area contributed by atoms with E-state index < -0.39 is 16.1 Å². The molecule has 0 spiro atoms. The van der Waals surface area contributed by atoms with Crippen LogP contribution in [0, 0.1) is 11.7 Å². The second-order valence-corrected chi connectivity index (χ2v) is 11.4. The Labute approximate surface area is 201 Å². The van der Waals surface area contributed by atoms with Crippen molar-refractivity contribution in [2.45, 2.75) is 74.8 Å². The smallest absolute Gasteiger partial charge is 0.241 e. The van der Waals surface area contributed by atoms with E-state index in [2.05, 4.69) is 15.4 Å². The fourth-order valence-corrected chi connectivity index (χ4v) is 6.46. The fraction of sp³-hybridized carbons (Fsp3) is 0.500. The van der Waals surface area contributed by atoms with Crippen LogP contribution in [0.3, 0.4) is 0 Å². The van der Waals surface area contributed by atoms with Crippen LogP contribution in [0.2, 0.25) is 0 Å². The molecular formula is C26H34FN3O3S. The maximum absolute atomic E-state index is 13.7. The van der Waals surface area contributed by atoms with Crippen molar-refractivity contribution in [3.8, 4) is 0 Å². The highest BCUT2D eigenvalue weighted by molar-refractivity contribution is 7.89. The predicted molar refractivity (Wildman–Crippen MR) is 132 cm³/mol. The Morgan fingerprint density at radius 1 is 1.09 bits per heavy atom. The van der Waals surface area contributed by atoms with Gasteiger partial charge in [0.1, 0.15) is 11.9 Å². The molecule has 2 aromatic carbocycles. The molecule has 1 aliphatic heterocycles. The van der Waals surface area contributed by atoms with E-state index in [-0.39, 0.29) is 28.6 Å². The predicted octanol–water partition coefficient (Wildman–Crippen LogP) is 4.55. The SMILES string of the molecule is CC(CC1CNc2ccc(F)cc21)NC(=O)[C@H](CC1CCCCC1)NS(=O)(=O)c1ccccc1. The number of carbonyl (C=O) groups excluding carboxylic acids is 1. The van der Waals surface area contributed by atoms with Gasteiger partial charge in [-0.3, -0.25) is 4.79 Å². The maximum Gasteiger partial charge on any atom is 0.241 e. The van der Waals surface area contributed by atoms with Gasteiger partial charge in [-0.2, -0.15) is 4.72 Å². The van der Waals surface area contributed by atoms with Crippen molar-refractivity contribution in [2.75, 3.05) is 11.9 Å². The van der Waals surface area contributed by atoms with Gasteiger partial charge in [-0.25, -0.2) is 12.8 Å². The highest BCUT2D eigenvalue weighted by atomic mass is 32.2. The number of amides is 1. The molecule has 6 nitrogen and oxygen atoms in total. The molecule has 3 N–H and O–H groups in total. The van der Waals surface area contributed by atoms with Crippen LogP contribution in [-0.4, -0.2) is 33.0 Å². The molecule has 2 unspecified atom stereocenters. The first-order valence-corrected chi connectivity index (χ1v) is 13.7. The summed E-state index contributed by atoms with van der Waals surface area (Å²) in [6, 6.07) is 11.9. The van der Waals surface area contributed by atoms with Gasteiger partial charge < -0.3 is 10.6 Å². The molecule has 0 saturated heterocycles. The van der Waals surface area contributed by atoms with E-state index in [1.54, 1.807) is 30.3 Å². The lowest BCUT2D eigenvalue weighted by Crippen LogP contribution is -2.50. The zero-order valence-electron chi connectivity index (χ0n) is 19.6. The van der Waals surface area contributed by atoms with Crippen LogP contribution in [-0.2, 0) is 14.8 Å². The number of nitrogens with one attached hydrogen (secondary N) is 3. The Balaban J connectivity index is 1.44. The minimum absolute atomic E-state index is 0.0822. The van der Waals surface area contributed by atoms with Crippen molar-refractivity contribution in [1.29, 1.82) is 0 Å². The number of halogens is 1. The summed E-state index contributed by atoms with van der Waals surface area (Å²) in [4.78, 5) is 13.4. The normalized spacial score (nSPS) is 20.2. The van der Waals surface area contributed by atoms with Crippen molar-refractivity contribution in [3.63, 3.8) is 0 Å². The van der Waals surface area contributed by atoms with Crippen LogP contribution >= 0.6 is 0 Å². The van der Waals surface area contributed by atoms with E-state index >= 15 is 0 Å². The number of sulfonamides is 1. The van der Waals surface area contributed by atoms with E-state index in [0.29, 0.717) is 25.3 Å². The van der Waals surface area contributed by atoms with Gasteiger partial charge in [-0.05, 0) is 61.6 Å². The summed E-state index contributed by atoms with van der Waals surface area (Å²) in [7, 11) is -3.82. The average Bonchev–Trinajstić information content (AvgIpc) is 3.21. The van der Waals surface area contributed by atoms with E-state index in [1.807, 2.05) is 6.92 Å². The highest BCUT2D eigenvalue weighted by Gasteiger charge is 2.31. The molecule has 1 heterocycles. The van der Waals surface area contributed by atoms with Crippen molar-refractivity contribution in [1.82, 2.24) is 10.0 Å². The van der Waals surface area contributed by atoms with E-state index in [0.717, 1.165) is 36.9 Å². The van der Waals surface area contributed by atoms with Crippen molar-refractivity contribution in [3.05, 3.63) is 59.9 Å². The van der Waals surface area contributed by atoms with E-state index in [4.69, 9.17) is 0 Å². The van der Waals surface area contributed by atoms with E-state index in [1.165, 1.54) is 24.6 Å². The monoisotopic (exact) mass is 487 g/mol. The molecule has 2 aliphatic rings. The second kappa shape index (κ2) is 10.9. The third-order valence-electron chi connectivity index (χ3n) is 6.98. The summed E-state index contributed by atoms with van der Waals surface area (Å²) in [5.41, 5.74) is 1.85. The molecule has 0 bridgehead atoms. The third-order valence-corrected chi connectivity index (χ3v) is 8.47. The van der Waals surface area contributed by atoms with Gasteiger partial charge in [-0.15, -0.1) is 0 Å². The van der Waals surface area contributed by atoms with Crippen molar-refractivity contribution >= 4 is 21.6 Å². The van der Waals surface area contributed by atoms with Crippen LogP contribution in [0.4, 0.5) is 10.1 Å². The molecule has 0 radical (unpaired) electrons. The topological polar surface area (TPSA) is 87.3 Å². The maximum atomic E-state index is 13.7. The molecule has 1 aliphatic carbocycles. The number of rotatable bonds is 9. The van der Waals surface area contributed by atoms with Crippen LogP contribution in [0.5, 0.6) is 0 Å². The summed E-state index contributed by atoms with van der Waals surface area (Å²) < 4.78 is 42.4. The minimum Gasteiger partial charge on any atom is -0.384 e. The summed E-state index contributed by atoms with van der Waals surface area (Å²) in [5.74, 6) is -0.166. The quantitative estimate of drug-likeness (QED) is 0.484. The lowest BCUT2D eigenvalue weighted by atomic mass is 9.85. The van der Waals surface area contributed by atoms with Gasteiger partial charge in [-0.1, -0.05) is 50.3 Å². The molecular weight excluding hydrogens is 453 g/mol. The fourth-order valence-electron chi connectivity index (χ4n) is 5.23. The molecule has 2 aromatic rings. The zero-order valence-corrected chi connectivity index (χ0v) is 20.4. The molecule has 8 heteroatoms. The Morgan fingerprint density at radius 3 is 2.56 bits per heavy atom. The Hall–Kier alpha value is -2.45. The Bertz CT molecular complexity index is 1090. The molecule has 1 saturated carbocycles. The molecule has 4 rings (SSSR count). The number of benzene rings is 2. The third kappa shape index (κ3) is 6.16. The Morgan fingerprint density at radius 2 is 1.82 bits per heavy atom. The summed E-state index contributed by atoms with van der Waals surface area (Å²) >= 11 is 0. The average molecular weight is 488 g/mol. The molecule has 34 heavy (non-hydrogen) atoms. The largest absolute Gasteiger partial charge is 0.384 e. The molecule has 1 fully saturated rings. The van der Waals surface area contributed by atoms with Crippen LogP contribution in [0.25, 0.3) is 0 Å². The summed E-state index contributed by atoms with van der Waals surface area (Å²) in [6.07, 6.45) is 6.58. The van der Waals surface area contributed by atoms with Gasteiger partial charge in [0.2, 0.25) is 15.9 Å². The number of anilines is 1. The number of hydrogen-bond donors (Lipinski definition) is 3. The van der Waals surface area contributed by atoms with E-state index in [9.17, 15) is 17.6 Å². The number of fused-ring (bicyclic) bond motifs is 1. The molecule has 0 aromatic heterocycles. The van der Waals surface area contributed by atoms with Gasteiger partial charge in [0.15, 0.2) is 0 Å². The highest BCUT2D eigenvalue weighted by Crippen LogP contribution is 2.35. The van der Waals surface area contributed by atoms with Crippen LogP contribution < -0.4 is 15.4 Å². The van der Waals surface area contributed by atoms with Crippen LogP contribution in [0.1, 0.15) is 63.4 Å². The first-order valence-electron chi connectivity index (χ1n) is 12.2. The van der Waals surface area contributed by atoms with Gasteiger partial charge in [0.25, 0.3) is 0 Å². The second-order valence-electron chi connectivity index (χ2n) is 9.68. The zero-order chi connectivity index (χ0) is 24.1. The Kier molecular flexibility index (Phi) is 7.88.